The van der Waals surface area contributed by atoms with Gasteiger partial charge in [0.05, 0.1) is 0 Å². The van der Waals surface area contributed by atoms with Crippen molar-refractivity contribution in [3.63, 3.8) is 0 Å². The highest BCUT2D eigenvalue weighted by Gasteiger charge is 1.95. The molecule has 1 nitrogen and oxygen atoms in total. The van der Waals surface area contributed by atoms with Crippen molar-refractivity contribution < 1.29 is 4.79 Å². The van der Waals surface area contributed by atoms with Crippen molar-refractivity contribution >= 4 is 5.78 Å². The van der Waals surface area contributed by atoms with Crippen LogP contribution in [0.5, 0.6) is 0 Å². The van der Waals surface area contributed by atoms with E-state index in [1.165, 1.54) is 0 Å². The summed E-state index contributed by atoms with van der Waals surface area (Å²) in [4.78, 5) is 10.8. The third kappa shape index (κ3) is 12.6. The van der Waals surface area contributed by atoms with E-state index >= 15 is 0 Å². The molecule has 0 saturated heterocycles. The molecule has 0 radical (unpaired) electrons. The first-order valence-corrected chi connectivity index (χ1v) is 4.43. The maximum absolute atomic E-state index is 10.8. The van der Waals surface area contributed by atoms with Crippen molar-refractivity contribution in [2.75, 3.05) is 0 Å². The lowest BCUT2D eigenvalue weighted by molar-refractivity contribution is -0.119. The number of carbonyl (C=O) groups excluding carboxylic acids is 1. The van der Waals surface area contributed by atoms with Crippen LogP contribution in [0.25, 0.3) is 0 Å². The third-order valence-corrected chi connectivity index (χ3v) is 1.16. The first kappa shape index (κ1) is 13.0. The highest BCUT2D eigenvalue weighted by atomic mass is 16.1. The monoisotopic (exact) mass is 156 g/mol. The van der Waals surface area contributed by atoms with Crippen LogP contribution >= 0.6 is 0 Å². The van der Waals surface area contributed by atoms with Crippen LogP contribution in [0.3, 0.4) is 0 Å². The molecule has 0 aliphatic rings. The summed E-state index contributed by atoms with van der Waals surface area (Å²) in [6.45, 7) is 9.56. The van der Waals surface area contributed by atoms with Gasteiger partial charge in [0, 0.05) is 12.8 Å². The van der Waals surface area contributed by atoms with E-state index in [1.807, 2.05) is 20.8 Å². The van der Waals surface area contributed by atoms with Crippen LogP contribution in [0.2, 0.25) is 0 Å². The smallest absolute Gasteiger partial charge is 0.133 e. The molecule has 0 aromatic rings. The lowest BCUT2D eigenvalue weighted by Crippen LogP contribution is -1.94. The van der Waals surface area contributed by atoms with E-state index < -0.39 is 0 Å². The summed E-state index contributed by atoms with van der Waals surface area (Å²) in [5.74, 6) is 0.359. The molecule has 0 aromatic heterocycles. The molecule has 0 saturated carbocycles. The minimum Gasteiger partial charge on any atom is -0.300 e. The molecular formula is C10H20O. The van der Waals surface area contributed by atoms with E-state index in [0.717, 1.165) is 19.3 Å². The molecular weight excluding hydrogens is 136 g/mol. The summed E-state index contributed by atoms with van der Waals surface area (Å²) in [5, 5.41) is 0. The number of Topliss-reactive ketones (excluding diaryl/α,β-unsaturated/α-hetero) is 1. The normalized spacial score (nSPS) is 7.91. The van der Waals surface area contributed by atoms with Gasteiger partial charge < -0.3 is 0 Å². The molecule has 11 heavy (non-hydrogen) atoms. The second-order valence-electron chi connectivity index (χ2n) is 2.12. The van der Waals surface area contributed by atoms with E-state index in [4.69, 9.17) is 0 Å². The Hall–Kier alpha value is -0.590. The van der Waals surface area contributed by atoms with E-state index in [1.54, 1.807) is 6.08 Å². The van der Waals surface area contributed by atoms with Gasteiger partial charge in [-0.05, 0) is 12.8 Å². The van der Waals surface area contributed by atoms with Crippen molar-refractivity contribution in [2.45, 2.75) is 46.5 Å². The quantitative estimate of drug-likeness (QED) is 0.558. The largest absolute Gasteiger partial charge is 0.300 e. The standard InChI is InChI=1S/C8H14O.C2H6/c1-3-5-7-8(9)6-4-2;1-2/h3H,1,4-7H2,2H3;1-2H3. The third-order valence-electron chi connectivity index (χ3n) is 1.16. The Bertz CT molecular complexity index is 95.0. The zero-order chi connectivity index (χ0) is 9.11. The molecule has 66 valence electrons. The predicted molar refractivity (Wildman–Crippen MR) is 50.7 cm³/mol. The maximum Gasteiger partial charge on any atom is 0.133 e. The topological polar surface area (TPSA) is 17.1 Å². The second-order valence-corrected chi connectivity index (χ2v) is 2.12. The Morgan fingerprint density at radius 3 is 2.27 bits per heavy atom. The maximum atomic E-state index is 10.8. The average molecular weight is 156 g/mol. The van der Waals surface area contributed by atoms with Crippen LogP contribution in [0.4, 0.5) is 0 Å². The van der Waals surface area contributed by atoms with Gasteiger partial charge in [0.2, 0.25) is 0 Å². The number of rotatable bonds is 5. The molecule has 0 heterocycles. The first-order valence-electron chi connectivity index (χ1n) is 4.43. The highest BCUT2D eigenvalue weighted by molar-refractivity contribution is 5.78. The van der Waals surface area contributed by atoms with Crippen LogP contribution in [-0.2, 0) is 4.79 Å². The van der Waals surface area contributed by atoms with Crippen molar-refractivity contribution in [1.82, 2.24) is 0 Å². The van der Waals surface area contributed by atoms with Crippen molar-refractivity contribution in [3.05, 3.63) is 12.7 Å². The predicted octanol–water partition coefficient (Wildman–Crippen LogP) is 3.35. The van der Waals surface area contributed by atoms with E-state index in [9.17, 15) is 4.79 Å². The molecule has 0 aliphatic heterocycles. The van der Waals surface area contributed by atoms with Crippen LogP contribution < -0.4 is 0 Å². The molecule has 0 bridgehead atoms. The van der Waals surface area contributed by atoms with Gasteiger partial charge >= 0.3 is 0 Å². The van der Waals surface area contributed by atoms with Crippen molar-refractivity contribution in [2.24, 2.45) is 0 Å². The number of hydrogen-bond acceptors (Lipinski definition) is 1. The summed E-state index contributed by atoms with van der Waals surface area (Å²) in [6.07, 6.45) is 4.99. The van der Waals surface area contributed by atoms with E-state index in [0.29, 0.717) is 12.2 Å². The lowest BCUT2D eigenvalue weighted by Gasteiger charge is -1.92. The minimum atomic E-state index is 0.359. The summed E-state index contributed by atoms with van der Waals surface area (Å²) in [6, 6.07) is 0. The first-order chi connectivity index (χ1) is 5.31. The zero-order valence-electron chi connectivity index (χ0n) is 8.02. The molecule has 0 fully saturated rings. The summed E-state index contributed by atoms with van der Waals surface area (Å²) < 4.78 is 0. The number of ketones is 1. The highest BCUT2D eigenvalue weighted by Crippen LogP contribution is 1.97. The van der Waals surface area contributed by atoms with Crippen molar-refractivity contribution in [1.29, 1.82) is 0 Å². The Morgan fingerprint density at radius 2 is 1.91 bits per heavy atom. The average Bonchev–Trinajstić information content (AvgIpc) is 2.05. The number of carbonyl (C=O) groups is 1. The van der Waals surface area contributed by atoms with Gasteiger partial charge in [0.15, 0.2) is 0 Å². The molecule has 0 spiro atoms. The molecule has 0 unspecified atom stereocenters. The fourth-order valence-electron chi connectivity index (χ4n) is 0.667. The molecule has 0 aromatic carbocycles. The Kier molecular flexibility index (Phi) is 14.4. The van der Waals surface area contributed by atoms with Gasteiger partial charge in [-0.1, -0.05) is 26.8 Å². The van der Waals surface area contributed by atoms with Crippen molar-refractivity contribution in [3.8, 4) is 0 Å². The summed E-state index contributed by atoms with van der Waals surface area (Å²) in [5.41, 5.74) is 0. The van der Waals surface area contributed by atoms with Crippen LogP contribution in [-0.4, -0.2) is 5.78 Å². The van der Waals surface area contributed by atoms with Gasteiger partial charge in [0.25, 0.3) is 0 Å². The molecule has 0 rings (SSSR count). The van der Waals surface area contributed by atoms with Gasteiger partial charge in [-0.3, -0.25) is 4.79 Å². The van der Waals surface area contributed by atoms with Crippen LogP contribution in [0.15, 0.2) is 12.7 Å². The summed E-state index contributed by atoms with van der Waals surface area (Å²) >= 11 is 0. The van der Waals surface area contributed by atoms with Gasteiger partial charge in [-0.2, -0.15) is 0 Å². The van der Waals surface area contributed by atoms with Gasteiger partial charge in [-0.15, -0.1) is 6.58 Å². The molecule has 0 atom stereocenters. The minimum absolute atomic E-state index is 0.359. The zero-order valence-corrected chi connectivity index (χ0v) is 8.02. The van der Waals surface area contributed by atoms with E-state index in [2.05, 4.69) is 6.58 Å². The SMILES string of the molecule is C=CCCC(=O)CCC.CC. The van der Waals surface area contributed by atoms with Crippen LogP contribution in [0, 0.1) is 0 Å². The fraction of sp³-hybridized carbons (Fsp3) is 0.700. The molecule has 0 aliphatic carbocycles. The Morgan fingerprint density at radius 1 is 1.36 bits per heavy atom. The van der Waals surface area contributed by atoms with E-state index in [-0.39, 0.29) is 0 Å². The number of hydrogen-bond donors (Lipinski definition) is 0. The molecule has 1 heteroatoms. The Balaban J connectivity index is 0. The lowest BCUT2D eigenvalue weighted by atomic mass is 10.1. The Labute approximate surface area is 70.5 Å². The second kappa shape index (κ2) is 12.1. The van der Waals surface area contributed by atoms with Gasteiger partial charge in [0.1, 0.15) is 5.78 Å². The molecule has 0 amide bonds. The molecule has 0 N–H and O–H groups in total. The summed E-state index contributed by atoms with van der Waals surface area (Å²) in [7, 11) is 0. The number of allylic oxidation sites excluding steroid dienone is 1. The fourth-order valence-corrected chi connectivity index (χ4v) is 0.667. The van der Waals surface area contributed by atoms with Gasteiger partial charge in [-0.25, -0.2) is 0 Å². The van der Waals surface area contributed by atoms with Crippen LogP contribution in [0.1, 0.15) is 46.5 Å².